The van der Waals surface area contributed by atoms with Crippen molar-refractivity contribution in [2.45, 2.75) is 26.0 Å². The van der Waals surface area contributed by atoms with E-state index in [0.717, 1.165) is 23.8 Å². The molecule has 2 N–H and O–H groups in total. The molecule has 1 aromatic rings. The zero-order valence-electron chi connectivity index (χ0n) is 10.4. The Morgan fingerprint density at radius 3 is 2.88 bits per heavy atom. The molecule has 0 amide bonds. The number of likely N-dealkylation sites (N-methyl/N-ethyl adjacent to an activating group) is 1. The molecule has 1 rings (SSSR count). The van der Waals surface area contributed by atoms with E-state index in [-0.39, 0.29) is 6.10 Å². The van der Waals surface area contributed by atoms with Crippen LogP contribution in [0.4, 0.5) is 0 Å². The van der Waals surface area contributed by atoms with Gasteiger partial charge in [0.05, 0.1) is 10.4 Å². The predicted molar refractivity (Wildman–Crippen MR) is 74.8 cm³/mol. The van der Waals surface area contributed by atoms with Crippen LogP contribution < -0.4 is 5.32 Å². The maximum atomic E-state index is 9.80. The average Bonchev–Trinajstić information content (AvgIpc) is 2.64. The van der Waals surface area contributed by atoms with E-state index in [1.165, 1.54) is 4.88 Å². The second-order valence-corrected chi connectivity index (χ2v) is 6.06. The summed E-state index contributed by atoms with van der Waals surface area (Å²) in [5, 5.41) is 13.0. The van der Waals surface area contributed by atoms with Crippen LogP contribution in [0.2, 0.25) is 4.34 Å². The smallest absolute Gasteiger partial charge is 0.0931 e. The van der Waals surface area contributed by atoms with E-state index in [1.54, 1.807) is 11.3 Å². The van der Waals surface area contributed by atoms with Crippen molar-refractivity contribution in [1.82, 2.24) is 10.2 Å². The van der Waals surface area contributed by atoms with Crippen molar-refractivity contribution in [2.75, 3.05) is 26.7 Å². The summed E-state index contributed by atoms with van der Waals surface area (Å²) in [6, 6.07) is 3.94. The van der Waals surface area contributed by atoms with Crippen molar-refractivity contribution < 1.29 is 5.11 Å². The SMILES string of the molecule is CCCNCC(O)CN(C)Cc1ccc(Cl)s1. The second-order valence-electron chi connectivity index (χ2n) is 4.26. The first-order chi connectivity index (χ1) is 8.11. The third-order valence-electron chi connectivity index (χ3n) is 2.38. The molecule has 0 aromatic carbocycles. The summed E-state index contributed by atoms with van der Waals surface area (Å²) in [5.41, 5.74) is 0. The lowest BCUT2D eigenvalue weighted by atomic mass is 10.3. The van der Waals surface area contributed by atoms with Crippen LogP contribution in [0.15, 0.2) is 12.1 Å². The molecular formula is C12H21ClN2OS. The van der Waals surface area contributed by atoms with Crippen LogP contribution in [0.1, 0.15) is 18.2 Å². The Morgan fingerprint density at radius 1 is 1.53 bits per heavy atom. The Labute approximate surface area is 112 Å². The Hall–Kier alpha value is -0.130. The van der Waals surface area contributed by atoms with Crippen LogP contribution in [0.5, 0.6) is 0 Å². The van der Waals surface area contributed by atoms with E-state index in [2.05, 4.69) is 17.1 Å². The van der Waals surface area contributed by atoms with E-state index >= 15 is 0 Å². The fourth-order valence-electron chi connectivity index (χ4n) is 1.64. The van der Waals surface area contributed by atoms with Crippen molar-refractivity contribution in [3.63, 3.8) is 0 Å². The maximum Gasteiger partial charge on any atom is 0.0931 e. The van der Waals surface area contributed by atoms with Gasteiger partial charge >= 0.3 is 0 Å². The molecule has 0 aliphatic carbocycles. The molecule has 0 radical (unpaired) electrons. The molecule has 98 valence electrons. The summed E-state index contributed by atoms with van der Waals surface area (Å²) in [5.74, 6) is 0. The van der Waals surface area contributed by atoms with Crippen LogP contribution >= 0.6 is 22.9 Å². The predicted octanol–water partition coefficient (Wildman–Crippen LogP) is 2.19. The lowest BCUT2D eigenvalue weighted by molar-refractivity contribution is 0.122. The molecule has 1 aromatic heterocycles. The number of aliphatic hydroxyl groups is 1. The van der Waals surface area contributed by atoms with Crippen molar-refractivity contribution >= 4 is 22.9 Å². The minimum atomic E-state index is -0.318. The van der Waals surface area contributed by atoms with Gasteiger partial charge in [-0.2, -0.15) is 0 Å². The molecule has 0 spiro atoms. The highest BCUT2D eigenvalue weighted by Gasteiger charge is 2.09. The summed E-state index contributed by atoms with van der Waals surface area (Å²) < 4.78 is 0.818. The van der Waals surface area contributed by atoms with Crippen LogP contribution in [-0.4, -0.2) is 42.8 Å². The second kappa shape index (κ2) is 8.06. The van der Waals surface area contributed by atoms with Gasteiger partial charge in [0.1, 0.15) is 0 Å². The molecule has 0 saturated carbocycles. The van der Waals surface area contributed by atoms with Crippen molar-refractivity contribution in [3.05, 3.63) is 21.3 Å². The molecule has 17 heavy (non-hydrogen) atoms. The number of rotatable bonds is 8. The highest BCUT2D eigenvalue weighted by Crippen LogP contribution is 2.22. The number of halogens is 1. The van der Waals surface area contributed by atoms with Crippen molar-refractivity contribution in [3.8, 4) is 0 Å². The fourth-order valence-corrected chi connectivity index (χ4v) is 2.80. The van der Waals surface area contributed by atoms with Gasteiger partial charge in [0, 0.05) is 24.5 Å². The number of aliphatic hydroxyl groups excluding tert-OH is 1. The van der Waals surface area contributed by atoms with E-state index < -0.39 is 0 Å². The van der Waals surface area contributed by atoms with Gasteiger partial charge in [0.2, 0.25) is 0 Å². The van der Waals surface area contributed by atoms with Gasteiger partial charge in [-0.3, -0.25) is 4.90 Å². The van der Waals surface area contributed by atoms with Gasteiger partial charge in [0.15, 0.2) is 0 Å². The van der Waals surface area contributed by atoms with E-state index in [4.69, 9.17) is 11.6 Å². The number of thiophene rings is 1. The molecular weight excluding hydrogens is 256 g/mol. The number of hydrogen-bond donors (Lipinski definition) is 2. The van der Waals surface area contributed by atoms with Crippen LogP contribution in [0, 0.1) is 0 Å². The molecule has 0 saturated heterocycles. The van der Waals surface area contributed by atoms with Gasteiger partial charge < -0.3 is 10.4 Å². The normalized spacial score (nSPS) is 13.2. The van der Waals surface area contributed by atoms with Gasteiger partial charge in [-0.25, -0.2) is 0 Å². The van der Waals surface area contributed by atoms with Gasteiger partial charge in [-0.05, 0) is 32.1 Å². The summed E-state index contributed by atoms with van der Waals surface area (Å²) in [6.07, 6.45) is 0.776. The van der Waals surface area contributed by atoms with Gasteiger partial charge in [0.25, 0.3) is 0 Å². The Balaban J connectivity index is 2.21. The zero-order chi connectivity index (χ0) is 12.7. The number of hydrogen-bond acceptors (Lipinski definition) is 4. The summed E-state index contributed by atoms with van der Waals surface area (Å²) >= 11 is 7.47. The molecule has 0 aliphatic heterocycles. The highest BCUT2D eigenvalue weighted by atomic mass is 35.5. The standard InChI is InChI=1S/C12H21ClN2OS/c1-3-6-14-7-10(16)8-15(2)9-11-4-5-12(13)17-11/h4-5,10,14,16H,3,6-9H2,1-2H3. The third-order valence-corrected chi connectivity index (χ3v) is 3.60. The Bertz CT molecular complexity index is 319. The molecule has 0 fully saturated rings. The summed E-state index contributed by atoms with van der Waals surface area (Å²) in [4.78, 5) is 3.34. The Kier molecular flexibility index (Phi) is 7.08. The zero-order valence-corrected chi connectivity index (χ0v) is 12.0. The van der Waals surface area contributed by atoms with Crippen molar-refractivity contribution in [2.24, 2.45) is 0 Å². The van der Waals surface area contributed by atoms with E-state index in [9.17, 15) is 5.11 Å². The lowest BCUT2D eigenvalue weighted by Crippen LogP contribution is -2.36. The molecule has 1 atom stereocenters. The summed E-state index contributed by atoms with van der Waals surface area (Å²) in [7, 11) is 2.01. The van der Waals surface area contributed by atoms with Crippen LogP contribution in [0.25, 0.3) is 0 Å². The number of nitrogens with one attached hydrogen (secondary N) is 1. The van der Waals surface area contributed by atoms with Crippen molar-refractivity contribution in [1.29, 1.82) is 0 Å². The largest absolute Gasteiger partial charge is 0.390 e. The molecule has 0 bridgehead atoms. The first-order valence-corrected chi connectivity index (χ1v) is 7.12. The summed E-state index contributed by atoms with van der Waals surface area (Å²) in [6.45, 7) is 5.24. The molecule has 0 aliphatic rings. The Morgan fingerprint density at radius 2 is 2.29 bits per heavy atom. The maximum absolute atomic E-state index is 9.80. The van der Waals surface area contributed by atoms with E-state index in [0.29, 0.717) is 13.1 Å². The third kappa shape index (κ3) is 6.38. The first-order valence-electron chi connectivity index (χ1n) is 5.93. The lowest BCUT2D eigenvalue weighted by Gasteiger charge is -2.20. The number of nitrogens with zero attached hydrogens (tertiary/aromatic N) is 1. The molecule has 3 nitrogen and oxygen atoms in total. The quantitative estimate of drug-likeness (QED) is 0.715. The highest BCUT2D eigenvalue weighted by molar-refractivity contribution is 7.16. The van der Waals surface area contributed by atoms with E-state index in [1.807, 2.05) is 19.2 Å². The molecule has 5 heteroatoms. The monoisotopic (exact) mass is 276 g/mol. The topological polar surface area (TPSA) is 35.5 Å². The molecule has 1 unspecified atom stereocenters. The molecule has 1 heterocycles. The minimum Gasteiger partial charge on any atom is -0.390 e. The average molecular weight is 277 g/mol. The fraction of sp³-hybridized carbons (Fsp3) is 0.667. The van der Waals surface area contributed by atoms with Gasteiger partial charge in [-0.1, -0.05) is 18.5 Å². The van der Waals surface area contributed by atoms with Gasteiger partial charge in [-0.15, -0.1) is 11.3 Å². The minimum absolute atomic E-state index is 0.318. The van der Waals surface area contributed by atoms with Crippen LogP contribution in [-0.2, 0) is 6.54 Å². The van der Waals surface area contributed by atoms with Crippen LogP contribution in [0.3, 0.4) is 0 Å². The first kappa shape index (κ1) is 14.9.